The maximum atomic E-state index is 12.2. The van der Waals surface area contributed by atoms with Gasteiger partial charge in [-0.25, -0.2) is 4.98 Å². The minimum atomic E-state index is -0.0247. The molecule has 0 amide bonds. The molecule has 1 aromatic heterocycles. The zero-order valence-electron chi connectivity index (χ0n) is 12.0. The molecule has 0 unspecified atom stereocenters. The van der Waals surface area contributed by atoms with Crippen molar-refractivity contribution in [2.75, 3.05) is 0 Å². The van der Waals surface area contributed by atoms with Gasteiger partial charge in [-0.3, -0.25) is 4.79 Å². The predicted octanol–water partition coefficient (Wildman–Crippen LogP) is 4.73. The van der Waals surface area contributed by atoms with E-state index in [0.717, 1.165) is 5.56 Å². The van der Waals surface area contributed by atoms with Gasteiger partial charge < -0.3 is 4.42 Å². The molecule has 0 aliphatic carbocycles. The van der Waals surface area contributed by atoms with Gasteiger partial charge in [-0.05, 0) is 43.3 Å². The van der Waals surface area contributed by atoms with Crippen LogP contribution in [0.15, 0.2) is 59.1 Å². The van der Waals surface area contributed by atoms with Gasteiger partial charge in [-0.15, -0.1) is 0 Å². The second-order valence-electron chi connectivity index (χ2n) is 5.10. The Balaban J connectivity index is 1.75. The third kappa shape index (κ3) is 3.26. The van der Waals surface area contributed by atoms with E-state index in [1.54, 1.807) is 30.5 Å². The van der Waals surface area contributed by atoms with E-state index in [4.69, 9.17) is 16.0 Å². The Hall–Kier alpha value is -2.39. The highest BCUT2D eigenvalue weighted by Crippen LogP contribution is 2.20. The molecule has 110 valence electrons. The summed E-state index contributed by atoms with van der Waals surface area (Å²) in [5, 5.41) is 0.609. The Labute approximate surface area is 133 Å². The third-order valence-corrected chi connectivity index (χ3v) is 3.61. The van der Waals surface area contributed by atoms with Crippen molar-refractivity contribution in [3.8, 4) is 11.5 Å². The number of hydrogen-bond donors (Lipinski definition) is 0. The van der Waals surface area contributed by atoms with Crippen molar-refractivity contribution in [3.63, 3.8) is 0 Å². The highest BCUT2D eigenvalue weighted by molar-refractivity contribution is 6.30. The number of oxazole rings is 1. The predicted molar refractivity (Wildman–Crippen MR) is 86.2 cm³/mol. The number of carbonyl (C=O) groups excluding carboxylic acids is 1. The standard InChI is InChI=1S/C18H14ClNO2/c1-12-2-4-14(5-3-12)18-20-11-16(22-18)10-17(21)13-6-8-15(19)9-7-13/h2-9,11H,10H2,1H3. The molecule has 0 aliphatic heterocycles. The van der Waals surface area contributed by atoms with Gasteiger partial charge in [0.1, 0.15) is 5.76 Å². The lowest BCUT2D eigenvalue weighted by Gasteiger charge is -1.99. The molecule has 0 radical (unpaired) electrons. The smallest absolute Gasteiger partial charge is 0.226 e. The maximum Gasteiger partial charge on any atom is 0.226 e. The summed E-state index contributed by atoms with van der Waals surface area (Å²) in [6.45, 7) is 2.02. The summed E-state index contributed by atoms with van der Waals surface area (Å²) < 4.78 is 5.67. The number of aryl methyl sites for hydroxylation is 1. The molecule has 2 aromatic carbocycles. The first-order chi connectivity index (χ1) is 10.6. The lowest BCUT2D eigenvalue weighted by Crippen LogP contribution is -2.02. The molecule has 0 N–H and O–H groups in total. The van der Waals surface area contributed by atoms with Crippen molar-refractivity contribution in [3.05, 3.63) is 76.6 Å². The first-order valence-electron chi connectivity index (χ1n) is 6.92. The molecule has 0 saturated heterocycles. The van der Waals surface area contributed by atoms with Gasteiger partial charge in [0.05, 0.1) is 12.6 Å². The summed E-state index contributed by atoms with van der Waals surface area (Å²) in [6.07, 6.45) is 1.78. The first-order valence-corrected chi connectivity index (χ1v) is 7.30. The van der Waals surface area contributed by atoms with Crippen LogP contribution in [0.1, 0.15) is 21.7 Å². The van der Waals surface area contributed by atoms with Crippen LogP contribution >= 0.6 is 11.6 Å². The van der Waals surface area contributed by atoms with E-state index in [-0.39, 0.29) is 12.2 Å². The number of Topliss-reactive ketones (excluding diaryl/α,β-unsaturated/α-hetero) is 1. The van der Waals surface area contributed by atoms with Crippen molar-refractivity contribution in [1.29, 1.82) is 0 Å². The summed E-state index contributed by atoms with van der Waals surface area (Å²) in [5.41, 5.74) is 2.68. The molecule has 0 spiro atoms. The van der Waals surface area contributed by atoms with Crippen LogP contribution < -0.4 is 0 Å². The van der Waals surface area contributed by atoms with Crippen LogP contribution in [-0.4, -0.2) is 10.8 Å². The Bertz CT molecular complexity index is 789. The SMILES string of the molecule is Cc1ccc(-c2ncc(CC(=O)c3ccc(Cl)cc3)o2)cc1. The van der Waals surface area contributed by atoms with Gasteiger partial charge in [-0.1, -0.05) is 29.3 Å². The Kier molecular flexibility index (Phi) is 4.07. The van der Waals surface area contributed by atoms with Crippen LogP contribution in [0.4, 0.5) is 0 Å². The van der Waals surface area contributed by atoms with Crippen LogP contribution in [-0.2, 0) is 6.42 Å². The van der Waals surface area contributed by atoms with Gasteiger partial charge in [0.15, 0.2) is 5.78 Å². The second kappa shape index (κ2) is 6.16. The Morgan fingerprint density at radius 3 is 2.45 bits per heavy atom. The fourth-order valence-electron chi connectivity index (χ4n) is 2.11. The highest BCUT2D eigenvalue weighted by atomic mass is 35.5. The van der Waals surface area contributed by atoms with E-state index in [2.05, 4.69) is 4.98 Å². The molecule has 0 bridgehead atoms. The normalized spacial score (nSPS) is 10.6. The summed E-state index contributed by atoms with van der Waals surface area (Å²) >= 11 is 5.82. The van der Waals surface area contributed by atoms with E-state index < -0.39 is 0 Å². The van der Waals surface area contributed by atoms with Crippen LogP contribution in [0.25, 0.3) is 11.5 Å². The quantitative estimate of drug-likeness (QED) is 0.654. The van der Waals surface area contributed by atoms with E-state index in [1.165, 1.54) is 5.56 Å². The molecule has 3 aromatic rings. The highest BCUT2D eigenvalue weighted by Gasteiger charge is 2.12. The molecular formula is C18H14ClNO2. The molecule has 0 aliphatic rings. The number of rotatable bonds is 4. The monoisotopic (exact) mass is 311 g/mol. The zero-order chi connectivity index (χ0) is 15.5. The van der Waals surface area contributed by atoms with Crippen LogP contribution in [0, 0.1) is 6.92 Å². The molecule has 4 heteroatoms. The second-order valence-corrected chi connectivity index (χ2v) is 5.54. The number of nitrogens with zero attached hydrogens (tertiary/aromatic N) is 1. The molecule has 22 heavy (non-hydrogen) atoms. The van der Waals surface area contributed by atoms with E-state index in [9.17, 15) is 4.79 Å². The minimum absolute atomic E-state index is 0.0247. The Morgan fingerprint density at radius 1 is 1.09 bits per heavy atom. The summed E-state index contributed by atoms with van der Waals surface area (Å²) in [5.74, 6) is 1.05. The van der Waals surface area contributed by atoms with Crippen molar-refractivity contribution >= 4 is 17.4 Å². The largest absolute Gasteiger partial charge is 0.441 e. The number of halogens is 1. The van der Waals surface area contributed by atoms with E-state index >= 15 is 0 Å². The van der Waals surface area contributed by atoms with Gasteiger partial charge >= 0.3 is 0 Å². The van der Waals surface area contributed by atoms with Crippen molar-refractivity contribution in [2.24, 2.45) is 0 Å². The third-order valence-electron chi connectivity index (χ3n) is 3.35. The summed E-state index contributed by atoms with van der Waals surface area (Å²) in [6, 6.07) is 14.7. The van der Waals surface area contributed by atoms with E-state index in [1.807, 2.05) is 31.2 Å². The fraction of sp³-hybridized carbons (Fsp3) is 0.111. The lowest BCUT2D eigenvalue weighted by molar-refractivity contribution is 0.0987. The summed E-state index contributed by atoms with van der Waals surface area (Å²) in [4.78, 5) is 16.4. The van der Waals surface area contributed by atoms with Crippen molar-refractivity contribution in [1.82, 2.24) is 4.98 Å². The zero-order valence-corrected chi connectivity index (χ0v) is 12.8. The van der Waals surface area contributed by atoms with Crippen molar-refractivity contribution < 1.29 is 9.21 Å². The first kappa shape index (κ1) is 14.5. The number of hydrogen-bond acceptors (Lipinski definition) is 3. The van der Waals surface area contributed by atoms with Gasteiger partial charge in [-0.2, -0.15) is 0 Å². The minimum Gasteiger partial charge on any atom is -0.441 e. The van der Waals surface area contributed by atoms with Gasteiger partial charge in [0.25, 0.3) is 0 Å². The number of carbonyl (C=O) groups is 1. The van der Waals surface area contributed by atoms with Gasteiger partial charge in [0, 0.05) is 16.1 Å². The van der Waals surface area contributed by atoms with Crippen LogP contribution in [0.2, 0.25) is 5.02 Å². The average molecular weight is 312 g/mol. The topological polar surface area (TPSA) is 43.1 Å². The molecule has 3 nitrogen and oxygen atoms in total. The summed E-state index contributed by atoms with van der Waals surface area (Å²) in [7, 11) is 0. The molecular weight excluding hydrogens is 298 g/mol. The fourth-order valence-corrected chi connectivity index (χ4v) is 2.24. The maximum absolute atomic E-state index is 12.2. The Morgan fingerprint density at radius 2 is 1.77 bits per heavy atom. The average Bonchev–Trinajstić information content (AvgIpc) is 2.97. The molecule has 3 rings (SSSR count). The van der Waals surface area contributed by atoms with Crippen LogP contribution in [0.5, 0.6) is 0 Å². The number of ketones is 1. The lowest BCUT2D eigenvalue weighted by atomic mass is 10.1. The van der Waals surface area contributed by atoms with Crippen LogP contribution in [0.3, 0.4) is 0 Å². The number of aromatic nitrogens is 1. The van der Waals surface area contributed by atoms with E-state index in [0.29, 0.717) is 22.2 Å². The molecule has 0 atom stereocenters. The molecule has 0 saturated carbocycles. The number of benzene rings is 2. The van der Waals surface area contributed by atoms with Crippen molar-refractivity contribution in [2.45, 2.75) is 13.3 Å². The molecule has 0 fully saturated rings. The van der Waals surface area contributed by atoms with Gasteiger partial charge in [0.2, 0.25) is 5.89 Å². The molecule has 1 heterocycles.